The number of ether oxygens (including phenoxy) is 2. The van der Waals surface area contributed by atoms with Gasteiger partial charge in [-0.3, -0.25) is 9.69 Å². The highest BCUT2D eigenvalue weighted by molar-refractivity contribution is 5.96. The zero-order valence-electron chi connectivity index (χ0n) is 16.5. The van der Waals surface area contributed by atoms with E-state index in [1.807, 2.05) is 54.6 Å². The van der Waals surface area contributed by atoms with Crippen LogP contribution in [-0.2, 0) is 6.61 Å². The quantitative estimate of drug-likeness (QED) is 0.611. The van der Waals surface area contributed by atoms with Gasteiger partial charge in [0.25, 0.3) is 5.91 Å². The van der Waals surface area contributed by atoms with Crippen LogP contribution in [0.25, 0.3) is 6.08 Å². The number of hydrogen-bond acceptors (Lipinski definition) is 4. The molecule has 5 nitrogen and oxygen atoms in total. The van der Waals surface area contributed by atoms with Crippen LogP contribution in [0.5, 0.6) is 11.5 Å². The van der Waals surface area contributed by atoms with Crippen molar-refractivity contribution in [1.29, 1.82) is 5.26 Å². The third-order valence-corrected chi connectivity index (χ3v) is 4.98. The van der Waals surface area contributed by atoms with Crippen LogP contribution in [0.15, 0.2) is 79.0 Å². The number of amides is 1. The first-order chi connectivity index (χ1) is 14.7. The first-order valence-electron chi connectivity index (χ1n) is 9.56. The van der Waals surface area contributed by atoms with Gasteiger partial charge < -0.3 is 9.47 Å². The summed E-state index contributed by atoms with van der Waals surface area (Å²) in [5.74, 6) is 0.744. The van der Waals surface area contributed by atoms with Gasteiger partial charge in [-0.05, 0) is 35.4 Å². The van der Waals surface area contributed by atoms with Crippen LogP contribution in [0.2, 0.25) is 0 Å². The van der Waals surface area contributed by atoms with Crippen molar-refractivity contribution in [2.45, 2.75) is 12.6 Å². The Morgan fingerprint density at radius 2 is 1.73 bits per heavy atom. The number of fused-ring (bicyclic) bond motifs is 1. The minimum Gasteiger partial charge on any atom is -0.493 e. The van der Waals surface area contributed by atoms with E-state index in [2.05, 4.69) is 6.07 Å². The highest BCUT2D eigenvalue weighted by Gasteiger charge is 2.33. The van der Waals surface area contributed by atoms with Crippen LogP contribution in [0.3, 0.4) is 0 Å². The topological polar surface area (TPSA) is 62.6 Å². The molecule has 0 aromatic heterocycles. The molecule has 1 heterocycles. The molecule has 5 heteroatoms. The summed E-state index contributed by atoms with van der Waals surface area (Å²) in [6.45, 7) is 0.322. The third-order valence-electron chi connectivity index (χ3n) is 4.98. The molecule has 1 atom stereocenters. The summed E-state index contributed by atoms with van der Waals surface area (Å²) < 4.78 is 11.6. The fraction of sp³-hybridized carbons (Fsp3) is 0.120. The van der Waals surface area contributed by atoms with Crippen LogP contribution in [0.1, 0.15) is 33.1 Å². The first-order valence-corrected chi connectivity index (χ1v) is 9.56. The van der Waals surface area contributed by atoms with E-state index in [1.165, 1.54) is 4.90 Å². The Bertz CT molecular complexity index is 1120. The van der Waals surface area contributed by atoms with Gasteiger partial charge in [0, 0.05) is 17.3 Å². The molecule has 0 bridgehead atoms. The van der Waals surface area contributed by atoms with Crippen LogP contribution in [-0.4, -0.2) is 17.9 Å². The Hall–Kier alpha value is -4.04. The number of methoxy groups -OCH3 is 1. The van der Waals surface area contributed by atoms with Gasteiger partial charge in [0.2, 0.25) is 0 Å². The SMILES string of the molecule is COc1ccc2c(c1OCc1ccccc1)C(C#N)N(C(=O)c1ccccc1)C=C2. The Morgan fingerprint density at radius 3 is 2.40 bits per heavy atom. The molecule has 1 aliphatic heterocycles. The zero-order chi connectivity index (χ0) is 20.9. The highest BCUT2D eigenvalue weighted by atomic mass is 16.5. The molecule has 1 unspecified atom stereocenters. The van der Waals surface area contributed by atoms with Crippen molar-refractivity contribution < 1.29 is 14.3 Å². The third kappa shape index (κ3) is 3.63. The van der Waals surface area contributed by atoms with Gasteiger partial charge in [-0.2, -0.15) is 5.26 Å². The summed E-state index contributed by atoms with van der Waals surface area (Å²) in [5, 5.41) is 10.0. The maximum absolute atomic E-state index is 13.1. The number of carbonyl (C=O) groups excluding carboxylic acids is 1. The fourth-order valence-electron chi connectivity index (χ4n) is 3.49. The number of nitriles is 1. The normalized spacial score (nSPS) is 14.5. The summed E-state index contributed by atoms with van der Waals surface area (Å²) in [6, 6.07) is 23.8. The molecule has 148 valence electrons. The van der Waals surface area contributed by atoms with Gasteiger partial charge in [-0.25, -0.2) is 0 Å². The van der Waals surface area contributed by atoms with Crippen molar-refractivity contribution in [3.05, 3.63) is 101 Å². The maximum Gasteiger partial charge on any atom is 0.259 e. The van der Waals surface area contributed by atoms with Crippen molar-refractivity contribution in [1.82, 2.24) is 4.90 Å². The predicted octanol–water partition coefficient (Wildman–Crippen LogP) is 4.97. The van der Waals surface area contributed by atoms with E-state index in [1.54, 1.807) is 37.6 Å². The molecule has 0 saturated heterocycles. The molecule has 4 rings (SSSR count). The molecule has 0 fully saturated rings. The average Bonchev–Trinajstić information content (AvgIpc) is 2.82. The minimum absolute atomic E-state index is 0.249. The van der Waals surface area contributed by atoms with Crippen molar-refractivity contribution in [2.24, 2.45) is 0 Å². The van der Waals surface area contributed by atoms with Gasteiger partial charge in [0.1, 0.15) is 6.61 Å². The molecule has 1 amide bonds. The van der Waals surface area contributed by atoms with E-state index in [-0.39, 0.29) is 5.91 Å². The molecule has 0 aliphatic carbocycles. The lowest BCUT2D eigenvalue weighted by Gasteiger charge is -2.30. The molecular formula is C25H20N2O3. The molecule has 0 saturated carbocycles. The van der Waals surface area contributed by atoms with Crippen LogP contribution in [0, 0.1) is 11.3 Å². The standard InChI is InChI=1S/C25H20N2O3/c1-29-22-13-12-19-14-15-27(25(28)20-10-6-3-7-11-20)21(16-26)23(19)24(22)30-17-18-8-4-2-5-9-18/h2-15,21H,17H2,1H3. The molecular weight excluding hydrogens is 376 g/mol. The second kappa shape index (κ2) is 8.54. The van der Waals surface area contributed by atoms with Crippen molar-refractivity contribution in [3.63, 3.8) is 0 Å². The van der Waals surface area contributed by atoms with Gasteiger partial charge >= 0.3 is 0 Å². The number of nitrogens with zero attached hydrogens (tertiary/aromatic N) is 2. The second-order valence-corrected chi connectivity index (χ2v) is 6.80. The molecule has 0 radical (unpaired) electrons. The van der Waals surface area contributed by atoms with E-state index in [4.69, 9.17) is 9.47 Å². The fourth-order valence-corrected chi connectivity index (χ4v) is 3.49. The number of rotatable bonds is 5. The van der Waals surface area contributed by atoms with Crippen molar-refractivity contribution in [3.8, 4) is 17.6 Å². The molecule has 3 aromatic carbocycles. The molecule has 0 N–H and O–H groups in total. The maximum atomic E-state index is 13.1. The molecule has 1 aliphatic rings. The molecule has 30 heavy (non-hydrogen) atoms. The van der Waals surface area contributed by atoms with Gasteiger partial charge in [-0.1, -0.05) is 54.6 Å². The average molecular weight is 396 g/mol. The Kier molecular flexibility index (Phi) is 5.49. The Labute approximate surface area is 175 Å². The lowest BCUT2D eigenvalue weighted by atomic mass is 9.94. The van der Waals surface area contributed by atoms with Gasteiger partial charge in [0.05, 0.1) is 13.2 Å². The van der Waals surface area contributed by atoms with E-state index in [0.29, 0.717) is 29.2 Å². The molecule has 0 spiro atoms. The smallest absolute Gasteiger partial charge is 0.259 e. The monoisotopic (exact) mass is 396 g/mol. The lowest BCUT2D eigenvalue weighted by Crippen LogP contribution is -2.32. The van der Waals surface area contributed by atoms with E-state index < -0.39 is 6.04 Å². The van der Waals surface area contributed by atoms with E-state index in [0.717, 1.165) is 11.1 Å². The number of carbonyl (C=O) groups is 1. The zero-order valence-corrected chi connectivity index (χ0v) is 16.5. The largest absolute Gasteiger partial charge is 0.493 e. The van der Waals surface area contributed by atoms with Crippen LogP contribution in [0.4, 0.5) is 0 Å². The summed E-state index contributed by atoms with van der Waals surface area (Å²) in [6.07, 6.45) is 3.47. The van der Waals surface area contributed by atoms with Gasteiger partial charge in [-0.15, -0.1) is 0 Å². The van der Waals surface area contributed by atoms with Gasteiger partial charge in [0.15, 0.2) is 17.5 Å². The van der Waals surface area contributed by atoms with E-state index >= 15 is 0 Å². The number of hydrogen-bond donors (Lipinski definition) is 0. The van der Waals surface area contributed by atoms with Crippen molar-refractivity contribution in [2.75, 3.05) is 7.11 Å². The van der Waals surface area contributed by atoms with Crippen molar-refractivity contribution >= 4 is 12.0 Å². The summed E-state index contributed by atoms with van der Waals surface area (Å²) in [5.41, 5.74) is 2.96. The van der Waals surface area contributed by atoms with E-state index in [9.17, 15) is 10.1 Å². The second-order valence-electron chi connectivity index (χ2n) is 6.80. The summed E-state index contributed by atoms with van der Waals surface area (Å²) >= 11 is 0. The van der Waals surface area contributed by atoms with Crippen LogP contribution < -0.4 is 9.47 Å². The Balaban J connectivity index is 1.73. The highest BCUT2D eigenvalue weighted by Crippen LogP contribution is 2.43. The molecule has 3 aromatic rings. The lowest BCUT2D eigenvalue weighted by molar-refractivity contribution is 0.0792. The Morgan fingerprint density at radius 1 is 1.03 bits per heavy atom. The first kappa shape index (κ1) is 19.3. The predicted molar refractivity (Wildman–Crippen MR) is 114 cm³/mol. The number of benzene rings is 3. The minimum atomic E-state index is -0.835. The van der Waals surface area contributed by atoms with Crippen LogP contribution >= 0.6 is 0 Å². The summed E-state index contributed by atoms with van der Waals surface area (Å²) in [7, 11) is 1.56. The summed E-state index contributed by atoms with van der Waals surface area (Å²) in [4.78, 5) is 14.5.